The van der Waals surface area contributed by atoms with Gasteiger partial charge in [-0.15, -0.1) is 0 Å². The zero-order valence-electron chi connectivity index (χ0n) is 32.6. The summed E-state index contributed by atoms with van der Waals surface area (Å²) < 4.78 is 34.1. The Bertz CT molecular complexity index is 2390. The van der Waals surface area contributed by atoms with Crippen LogP contribution in [0.1, 0.15) is 59.5 Å². The van der Waals surface area contributed by atoms with Crippen molar-refractivity contribution < 1.29 is 33.6 Å². The fourth-order valence-electron chi connectivity index (χ4n) is 7.76. The minimum atomic E-state index is -1.23. The number of aryl methyl sites for hydroxylation is 2. The van der Waals surface area contributed by atoms with E-state index in [1.165, 1.54) is 21.5 Å². The monoisotopic (exact) mass is 797 g/mol. The van der Waals surface area contributed by atoms with Crippen LogP contribution in [-0.4, -0.2) is 70.1 Å². The van der Waals surface area contributed by atoms with E-state index in [1.54, 1.807) is 28.1 Å². The second-order valence-electron chi connectivity index (χ2n) is 14.4. The van der Waals surface area contributed by atoms with Crippen LogP contribution in [0, 0.1) is 19.8 Å². The molecule has 2 aromatic heterocycles. The Hall–Kier alpha value is -5.62. The summed E-state index contributed by atoms with van der Waals surface area (Å²) in [6.45, 7) is 3.38. The van der Waals surface area contributed by atoms with Gasteiger partial charge in [-0.1, -0.05) is 72.8 Å². The largest absolute Gasteiger partial charge is 0.493 e. The number of nitrogens with zero attached hydrogens (tertiary/aromatic N) is 2. The van der Waals surface area contributed by atoms with Gasteiger partial charge >= 0.3 is 11.4 Å². The fraction of sp³-hybridized carbons (Fsp3) is 0.381. The molecule has 3 aromatic carbocycles. The Morgan fingerprint density at radius 3 is 1.93 bits per heavy atom. The number of hydrogen-bond acceptors (Lipinski definition) is 12. The first-order chi connectivity index (χ1) is 28.0. The molecule has 2 aliphatic rings. The fourth-order valence-corrected chi connectivity index (χ4v) is 7.76. The van der Waals surface area contributed by atoms with Gasteiger partial charge in [-0.2, -0.15) is 5.48 Å². The van der Waals surface area contributed by atoms with E-state index in [0.717, 1.165) is 11.1 Å². The number of benzene rings is 3. The van der Waals surface area contributed by atoms with Crippen LogP contribution in [-0.2, 0) is 24.6 Å². The Morgan fingerprint density at radius 2 is 1.36 bits per heavy atom. The number of aromatic nitrogens is 4. The molecule has 0 radical (unpaired) electrons. The van der Waals surface area contributed by atoms with Gasteiger partial charge in [0.25, 0.3) is 11.1 Å². The van der Waals surface area contributed by atoms with Crippen molar-refractivity contribution in [1.82, 2.24) is 24.6 Å². The SMILES string of the molecule is COc1cccc(C(OC[C@H]2O[C@@H](n3cc(C)c(=O)[nH]c3=O)C[C@@H]2CCONC2OC(n3cc(C)c(=O)[nH]c3=O)CC2O)(c2ccccc2)c2ccccc2)c1OC. The highest BCUT2D eigenvalue weighted by Gasteiger charge is 2.44. The maximum absolute atomic E-state index is 13.1. The van der Waals surface area contributed by atoms with Crippen molar-refractivity contribution in [3.05, 3.63) is 161 Å². The van der Waals surface area contributed by atoms with E-state index in [2.05, 4.69) is 15.4 Å². The van der Waals surface area contributed by atoms with Crippen molar-refractivity contribution in [1.29, 1.82) is 0 Å². The van der Waals surface area contributed by atoms with E-state index < -0.39 is 59.0 Å². The van der Waals surface area contributed by atoms with E-state index in [0.29, 0.717) is 41.0 Å². The second kappa shape index (κ2) is 17.5. The molecule has 0 aliphatic carbocycles. The highest BCUT2D eigenvalue weighted by Crippen LogP contribution is 2.48. The van der Waals surface area contributed by atoms with E-state index in [-0.39, 0.29) is 25.6 Å². The number of H-pyrrole nitrogens is 2. The third kappa shape index (κ3) is 8.07. The number of ether oxygens (including phenoxy) is 5. The average Bonchev–Trinajstić information content (AvgIpc) is 3.82. The molecule has 7 rings (SSSR count). The van der Waals surface area contributed by atoms with Crippen LogP contribution in [0.2, 0.25) is 0 Å². The summed E-state index contributed by atoms with van der Waals surface area (Å²) in [6.07, 6.45) is -0.349. The minimum Gasteiger partial charge on any atom is -0.493 e. The van der Waals surface area contributed by atoms with Gasteiger partial charge in [-0.25, -0.2) is 9.59 Å². The van der Waals surface area contributed by atoms with Crippen LogP contribution in [0.5, 0.6) is 11.5 Å². The second-order valence-corrected chi connectivity index (χ2v) is 14.4. The zero-order valence-corrected chi connectivity index (χ0v) is 32.6. The maximum Gasteiger partial charge on any atom is 0.330 e. The van der Waals surface area contributed by atoms with Gasteiger partial charge in [0.05, 0.1) is 39.6 Å². The first kappa shape index (κ1) is 40.6. The van der Waals surface area contributed by atoms with E-state index in [9.17, 15) is 24.3 Å². The molecule has 58 heavy (non-hydrogen) atoms. The zero-order chi connectivity index (χ0) is 41.0. The van der Waals surface area contributed by atoms with Crippen LogP contribution >= 0.6 is 0 Å². The highest BCUT2D eigenvalue weighted by molar-refractivity contribution is 5.57. The molecule has 2 fully saturated rings. The predicted octanol–water partition coefficient (Wildman–Crippen LogP) is 3.15. The molecule has 2 aliphatic heterocycles. The predicted molar refractivity (Wildman–Crippen MR) is 211 cm³/mol. The molecule has 0 amide bonds. The first-order valence-corrected chi connectivity index (χ1v) is 19.0. The van der Waals surface area contributed by atoms with Crippen molar-refractivity contribution in [3.8, 4) is 11.5 Å². The van der Waals surface area contributed by atoms with Crippen LogP contribution in [0.4, 0.5) is 0 Å². The summed E-state index contributed by atoms with van der Waals surface area (Å²) in [5.74, 6) is 0.788. The molecule has 306 valence electrons. The molecule has 3 unspecified atom stereocenters. The molecule has 5 aromatic rings. The molecule has 6 atom stereocenters. The molecular formula is C42H47N5O11. The quantitative estimate of drug-likeness (QED) is 0.0688. The van der Waals surface area contributed by atoms with Gasteiger partial charge in [0, 0.05) is 35.5 Å². The summed E-state index contributed by atoms with van der Waals surface area (Å²) in [4.78, 5) is 60.1. The third-order valence-corrected chi connectivity index (χ3v) is 10.8. The molecular weight excluding hydrogens is 750 g/mol. The molecule has 2 saturated heterocycles. The van der Waals surface area contributed by atoms with Crippen LogP contribution in [0.25, 0.3) is 0 Å². The van der Waals surface area contributed by atoms with E-state index in [4.69, 9.17) is 28.5 Å². The number of nitrogens with one attached hydrogen (secondary N) is 3. The number of aliphatic hydroxyl groups is 1. The molecule has 0 saturated carbocycles. The lowest BCUT2D eigenvalue weighted by atomic mass is 9.79. The Balaban J connectivity index is 1.16. The molecule has 0 bridgehead atoms. The van der Waals surface area contributed by atoms with Crippen molar-refractivity contribution >= 4 is 0 Å². The van der Waals surface area contributed by atoms with Crippen LogP contribution < -0.4 is 37.5 Å². The van der Waals surface area contributed by atoms with Gasteiger partial charge in [0.15, 0.2) is 17.7 Å². The van der Waals surface area contributed by atoms with Crippen molar-refractivity contribution in [2.45, 2.75) is 69.6 Å². The summed E-state index contributed by atoms with van der Waals surface area (Å²) >= 11 is 0. The van der Waals surface area contributed by atoms with Crippen LogP contribution in [0.15, 0.2) is 110 Å². The standard InChI is InChI=1S/C42H47N5O11/c1-25-22-46(40(51)43-37(25)49)34-20-27(18-19-56-45-39-31(48)21-35(58-39)47-23-26(2)38(50)44-41(47)52)33(57-34)24-55-42(28-12-7-5-8-13-28,29-14-9-6-10-15-29)30-16-11-17-32(53-3)36(30)54-4/h5-17,22-23,27,31,33-35,39,45,48H,18-21,24H2,1-4H3,(H,43,49,51)(H,44,50,52)/t27-,31?,33+,34+,35?,39?/m0/s1. The topological polar surface area (TPSA) is 197 Å². The maximum atomic E-state index is 13.1. The number of methoxy groups -OCH3 is 2. The number of hydroxylamine groups is 1. The highest BCUT2D eigenvalue weighted by atomic mass is 16.7. The molecule has 4 heterocycles. The third-order valence-electron chi connectivity index (χ3n) is 10.8. The first-order valence-electron chi connectivity index (χ1n) is 19.0. The molecule has 0 spiro atoms. The number of aliphatic hydroxyl groups excluding tert-OH is 1. The molecule has 16 nitrogen and oxygen atoms in total. The molecule has 16 heteroatoms. The Labute approximate surface area is 332 Å². The van der Waals surface area contributed by atoms with E-state index >= 15 is 0 Å². The summed E-state index contributed by atoms with van der Waals surface area (Å²) in [6, 6.07) is 25.2. The van der Waals surface area contributed by atoms with Crippen LogP contribution in [0.3, 0.4) is 0 Å². The lowest BCUT2D eigenvalue weighted by molar-refractivity contribution is -0.127. The Morgan fingerprint density at radius 1 is 0.776 bits per heavy atom. The van der Waals surface area contributed by atoms with Gasteiger partial charge in [0.1, 0.15) is 18.1 Å². The average molecular weight is 798 g/mol. The Kier molecular flexibility index (Phi) is 12.2. The molecule has 4 N–H and O–H groups in total. The van der Waals surface area contributed by atoms with Gasteiger partial charge in [-0.05, 0) is 49.8 Å². The van der Waals surface area contributed by atoms with Gasteiger partial charge in [-0.3, -0.25) is 33.5 Å². The number of rotatable bonds is 15. The lowest BCUT2D eigenvalue weighted by Crippen LogP contribution is -2.39. The lowest BCUT2D eigenvalue weighted by Gasteiger charge is -2.38. The summed E-state index contributed by atoms with van der Waals surface area (Å²) in [5.41, 5.74) is 2.37. The summed E-state index contributed by atoms with van der Waals surface area (Å²) in [7, 11) is 3.16. The number of hydrogen-bond donors (Lipinski definition) is 4. The van der Waals surface area contributed by atoms with E-state index in [1.807, 2.05) is 78.9 Å². The normalized spacial score (nSPS) is 21.9. The van der Waals surface area contributed by atoms with Gasteiger partial charge < -0.3 is 28.8 Å². The van der Waals surface area contributed by atoms with Crippen molar-refractivity contribution in [3.63, 3.8) is 0 Å². The smallest absolute Gasteiger partial charge is 0.330 e. The van der Waals surface area contributed by atoms with Crippen molar-refractivity contribution in [2.75, 3.05) is 27.4 Å². The van der Waals surface area contributed by atoms with Crippen molar-refractivity contribution in [2.24, 2.45) is 5.92 Å². The number of para-hydroxylation sites is 1. The number of aromatic amines is 2. The summed E-state index contributed by atoms with van der Waals surface area (Å²) in [5, 5.41) is 10.7. The van der Waals surface area contributed by atoms with Gasteiger partial charge in [0.2, 0.25) is 0 Å². The minimum absolute atomic E-state index is 0.0509.